The highest BCUT2D eigenvalue weighted by atomic mass is 79.9. The summed E-state index contributed by atoms with van der Waals surface area (Å²) in [6.45, 7) is 5.70. The van der Waals surface area contributed by atoms with Crippen molar-refractivity contribution in [1.29, 1.82) is 0 Å². The van der Waals surface area contributed by atoms with Crippen molar-refractivity contribution in [2.45, 2.75) is 19.4 Å². The molecule has 3 rings (SSSR count). The Morgan fingerprint density at radius 2 is 2.20 bits per heavy atom. The maximum atomic E-state index is 12.5. The highest BCUT2D eigenvalue weighted by molar-refractivity contribution is 9.10. The molecule has 1 aliphatic heterocycles. The normalized spacial score (nSPS) is 18.4. The van der Waals surface area contributed by atoms with E-state index in [1.807, 2.05) is 32.0 Å². The number of hydrogen-bond acceptors (Lipinski definition) is 3. The van der Waals surface area contributed by atoms with Crippen LogP contribution in [-0.4, -0.2) is 36.1 Å². The van der Waals surface area contributed by atoms with Crippen LogP contribution in [0.5, 0.6) is 0 Å². The van der Waals surface area contributed by atoms with Crippen LogP contribution in [0.25, 0.3) is 11.0 Å². The van der Waals surface area contributed by atoms with Crippen LogP contribution < -0.4 is 0 Å². The molecule has 5 heteroatoms. The molecule has 2 heterocycles. The zero-order valence-electron chi connectivity index (χ0n) is 11.5. The molecule has 0 aliphatic carbocycles. The number of amides is 1. The maximum Gasteiger partial charge on any atom is 0.289 e. The van der Waals surface area contributed by atoms with Crippen molar-refractivity contribution in [3.8, 4) is 0 Å². The number of nitrogens with zero attached hydrogens (tertiary/aromatic N) is 1. The van der Waals surface area contributed by atoms with Gasteiger partial charge in [-0.15, -0.1) is 0 Å². The summed E-state index contributed by atoms with van der Waals surface area (Å²) in [4.78, 5) is 14.3. The van der Waals surface area contributed by atoms with Gasteiger partial charge in [-0.1, -0.05) is 12.1 Å². The number of carbonyl (C=O) groups is 1. The molecule has 1 aliphatic rings. The molecule has 1 aromatic carbocycles. The fourth-order valence-electron chi connectivity index (χ4n) is 2.48. The first kappa shape index (κ1) is 13.6. The minimum Gasteiger partial charge on any atom is -0.450 e. The molecule has 0 atom stereocenters. The smallest absolute Gasteiger partial charge is 0.289 e. The summed E-state index contributed by atoms with van der Waals surface area (Å²) in [6, 6.07) is 7.56. The number of morpholine rings is 1. The number of benzene rings is 1. The monoisotopic (exact) mass is 337 g/mol. The van der Waals surface area contributed by atoms with Gasteiger partial charge in [-0.2, -0.15) is 0 Å². The molecule has 1 amide bonds. The predicted octanol–water partition coefficient (Wildman–Crippen LogP) is 3.45. The average molecular weight is 338 g/mol. The number of rotatable bonds is 1. The van der Waals surface area contributed by atoms with Gasteiger partial charge < -0.3 is 14.1 Å². The van der Waals surface area contributed by atoms with Crippen molar-refractivity contribution in [3.05, 3.63) is 34.5 Å². The molecular weight excluding hydrogens is 322 g/mol. The van der Waals surface area contributed by atoms with E-state index >= 15 is 0 Å². The first-order valence-electron chi connectivity index (χ1n) is 6.58. The van der Waals surface area contributed by atoms with Crippen molar-refractivity contribution < 1.29 is 13.9 Å². The van der Waals surface area contributed by atoms with Crippen molar-refractivity contribution in [3.63, 3.8) is 0 Å². The van der Waals surface area contributed by atoms with Crippen LogP contribution in [0.1, 0.15) is 24.4 Å². The van der Waals surface area contributed by atoms with Gasteiger partial charge in [-0.05, 0) is 41.9 Å². The largest absolute Gasteiger partial charge is 0.450 e. The highest BCUT2D eigenvalue weighted by Gasteiger charge is 2.31. The van der Waals surface area contributed by atoms with Crippen molar-refractivity contribution in [1.82, 2.24) is 4.90 Å². The van der Waals surface area contributed by atoms with Crippen LogP contribution in [0.3, 0.4) is 0 Å². The molecule has 20 heavy (non-hydrogen) atoms. The second kappa shape index (κ2) is 4.90. The Labute approximate surface area is 125 Å². The quantitative estimate of drug-likeness (QED) is 0.800. The third-order valence-electron chi connectivity index (χ3n) is 3.42. The molecule has 0 spiro atoms. The molecular formula is C15H16BrNO3. The minimum absolute atomic E-state index is 0.0792. The Bertz CT molecular complexity index is 662. The van der Waals surface area contributed by atoms with Crippen LogP contribution in [0.15, 0.2) is 33.2 Å². The number of carbonyl (C=O) groups excluding carboxylic acids is 1. The molecule has 1 fully saturated rings. The van der Waals surface area contributed by atoms with Gasteiger partial charge in [0, 0.05) is 18.5 Å². The van der Waals surface area contributed by atoms with Crippen LogP contribution in [-0.2, 0) is 4.74 Å². The number of hydrogen-bond donors (Lipinski definition) is 0. The van der Waals surface area contributed by atoms with E-state index in [0.29, 0.717) is 31.0 Å². The molecule has 0 N–H and O–H groups in total. The Kier molecular flexibility index (Phi) is 3.34. The number of ether oxygens (including phenoxy) is 1. The van der Waals surface area contributed by atoms with Crippen LogP contribution in [0.4, 0.5) is 0 Å². The van der Waals surface area contributed by atoms with Gasteiger partial charge in [0.05, 0.1) is 16.7 Å². The van der Waals surface area contributed by atoms with Crippen molar-refractivity contribution >= 4 is 32.8 Å². The molecule has 0 radical (unpaired) electrons. The summed E-state index contributed by atoms with van der Waals surface area (Å²) in [5.74, 6) is 0.300. The van der Waals surface area contributed by atoms with Crippen molar-refractivity contribution in [2.24, 2.45) is 0 Å². The molecule has 0 unspecified atom stereocenters. The fourth-order valence-corrected chi connectivity index (χ4v) is 2.94. The van der Waals surface area contributed by atoms with E-state index in [2.05, 4.69) is 15.9 Å². The number of fused-ring (bicyclic) bond motifs is 1. The summed E-state index contributed by atoms with van der Waals surface area (Å²) in [5.41, 5.74) is 0.406. The lowest BCUT2D eigenvalue weighted by molar-refractivity contribution is -0.0768. The lowest BCUT2D eigenvalue weighted by atomic mass is 10.1. The molecule has 2 aromatic rings. The second-order valence-corrected chi connectivity index (χ2v) is 6.46. The second-order valence-electron chi connectivity index (χ2n) is 5.60. The zero-order chi connectivity index (χ0) is 14.3. The Balaban J connectivity index is 1.91. The van der Waals surface area contributed by atoms with E-state index in [1.54, 1.807) is 11.0 Å². The minimum atomic E-state index is -0.305. The summed E-state index contributed by atoms with van der Waals surface area (Å²) in [7, 11) is 0. The number of para-hydroxylation sites is 1. The summed E-state index contributed by atoms with van der Waals surface area (Å²) in [6.07, 6.45) is 0. The Morgan fingerprint density at radius 3 is 2.90 bits per heavy atom. The lowest BCUT2D eigenvalue weighted by Gasteiger charge is -2.37. The third-order valence-corrected chi connectivity index (χ3v) is 4.04. The van der Waals surface area contributed by atoms with Crippen LogP contribution in [0.2, 0.25) is 0 Å². The van der Waals surface area contributed by atoms with Gasteiger partial charge in [0.2, 0.25) is 0 Å². The molecule has 106 valence electrons. The summed E-state index contributed by atoms with van der Waals surface area (Å²) < 4.78 is 12.2. The summed E-state index contributed by atoms with van der Waals surface area (Å²) in [5, 5.41) is 0.926. The van der Waals surface area contributed by atoms with E-state index in [-0.39, 0.29) is 11.5 Å². The fraction of sp³-hybridized carbons (Fsp3) is 0.400. The van der Waals surface area contributed by atoms with E-state index in [4.69, 9.17) is 9.15 Å². The van der Waals surface area contributed by atoms with Gasteiger partial charge in [0.25, 0.3) is 5.91 Å². The summed E-state index contributed by atoms with van der Waals surface area (Å²) >= 11 is 3.43. The SMILES string of the molecule is CC1(C)CN(C(=O)c2cc3cccc(Br)c3o2)CCO1. The van der Waals surface area contributed by atoms with E-state index in [0.717, 1.165) is 9.86 Å². The molecule has 1 aromatic heterocycles. The first-order valence-corrected chi connectivity index (χ1v) is 7.37. The first-order chi connectivity index (χ1) is 9.46. The number of furan rings is 1. The van der Waals surface area contributed by atoms with Crippen LogP contribution in [0, 0.1) is 0 Å². The van der Waals surface area contributed by atoms with E-state index in [9.17, 15) is 4.79 Å². The maximum absolute atomic E-state index is 12.5. The third kappa shape index (κ3) is 2.47. The molecule has 1 saturated heterocycles. The van der Waals surface area contributed by atoms with Gasteiger partial charge in [-0.25, -0.2) is 0 Å². The molecule has 0 saturated carbocycles. The topological polar surface area (TPSA) is 42.7 Å². The van der Waals surface area contributed by atoms with E-state index < -0.39 is 0 Å². The van der Waals surface area contributed by atoms with Gasteiger partial charge in [0.1, 0.15) is 5.58 Å². The van der Waals surface area contributed by atoms with Gasteiger partial charge in [0.15, 0.2) is 5.76 Å². The Morgan fingerprint density at radius 1 is 1.40 bits per heavy atom. The number of halogens is 1. The molecule has 0 bridgehead atoms. The van der Waals surface area contributed by atoms with Crippen LogP contribution >= 0.6 is 15.9 Å². The zero-order valence-corrected chi connectivity index (χ0v) is 13.1. The van der Waals surface area contributed by atoms with Gasteiger partial charge in [-0.3, -0.25) is 4.79 Å². The predicted molar refractivity (Wildman–Crippen MR) is 79.8 cm³/mol. The standard InChI is InChI=1S/C15H16BrNO3/c1-15(2)9-17(6-7-19-15)14(18)12-8-10-4-3-5-11(16)13(10)20-12/h3-5,8H,6-7,9H2,1-2H3. The van der Waals surface area contributed by atoms with Gasteiger partial charge >= 0.3 is 0 Å². The van der Waals surface area contributed by atoms with Crippen molar-refractivity contribution in [2.75, 3.05) is 19.7 Å². The lowest BCUT2D eigenvalue weighted by Crippen LogP contribution is -2.50. The molecule has 4 nitrogen and oxygen atoms in total. The average Bonchev–Trinajstić information content (AvgIpc) is 2.82. The highest BCUT2D eigenvalue weighted by Crippen LogP contribution is 2.28. The van der Waals surface area contributed by atoms with E-state index in [1.165, 1.54) is 0 Å². The Hall–Kier alpha value is -1.33.